The van der Waals surface area contributed by atoms with Gasteiger partial charge in [-0.1, -0.05) is 0 Å². The van der Waals surface area contributed by atoms with Crippen LogP contribution in [0.25, 0.3) is 6.08 Å². The Hall–Kier alpha value is -2.72. The molecule has 3 rings (SSSR count). The Bertz CT molecular complexity index is 722. The summed E-state index contributed by atoms with van der Waals surface area (Å²) in [4.78, 5) is 24.1. The van der Waals surface area contributed by atoms with Gasteiger partial charge >= 0.3 is 12.0 Å². The Morgan fingerprint density at radius 1 is 1.42 bits per heavy atom. The van der Waals surface area contributed by atoms with Crippen LogP contribution in [0.5, 0.6) is 0 Å². The highest BCUT2D eigenvalue weighted by Gasteiger charge is 2.32. The molecule has 1 aromatic rings. The highest BCUT2D eigenvalue weighted by Crippen LogP contribution is 2.17. The van der Waals surface area contributed by atoms with Gasteiger partial charge in [-0.05, 0) is 25.1 Å². The van der Waals surface area contributed by atoms with Gasteiger partial charge in [0.15, 0.2) is 0 Å². The van der Waals surface area contributed by atoms with Crippen LogP contribution in [0.15, 0.2) is 27.7 Å². The standard InChI is InChI=1S/C16H20N4O6/c1-12(2-3-13-4-5-15(25-13)20(22)23)17-19-11-14(26-16(19)21)10-18-6-8-24-9-7-18/h2-5,14H,6-11H2,1H3/b3-2+,17-12+. The van der Waals surface area contributed by atoms with Crippen molar-refractivity contribution >= 4 is 23.8 Å². The van der Waals surface area contributed by atoms with Gasteiger partial charge < -0.3 is 13.9 Å². The van der Waals surface area contributed by atoms with Crippen molar-refractivity contribution in [3.8, 4) is 0 Å². The van der Waals surface area contributed by atoms with E-state index in [0.717, 1.165) is 13.1 Å². The number of nitrogens with zero attached hydrogens (tertiary/aromatic N) is 4. The lowest BCUT2D eigenvalue weighted by Gasteiger charge is -2.27. The normalized spacial score (nSPS) is 22.2. The molecule has 2 fully saturated rings. The number of nitro groups is 1. The van der Waals surface area contributed by atoms with Crippen molar-refractivity contribution < 1.29 is 23.6 Å². The van der Waals surface area contributed by atoms with E-state index in [1.165, 1.54) is 17.1 Å². The predicted octanol–water partition coefficient (Wildman–Crippen LogP) is 1.73. The van der Waals surface area contributed by atoms with E-state index in [1.807, 2.05) is 0 Å². The fourth-order valence-electron chi connectivity index (χ4n) is 2.71. The van der Waals surface area contributed by atoms with Crippen LogP contribution in [-0.4, -0.2) is 72.1 Å². The molecule has 1 unspecified atom stereocenters. The van der Waals surface area contributed by atoms with E-state index >= 15 is 0 Å². The molecular formula is C16H20N4O6. The highest BCUT2D eigenvalue weighted by molar-refractivity contribution is 5.96. The monoisotopic (exact) mass is 364 g/mol. The van der Waals surface area contributed by atoms with Gasteiger partial charge in [-0.25, -0.2) is 4.79 Å². The lowest BCUT2D eigenvalue weighted by Crippen LogP contribution is -2.41. The van der Waals surface area contributed by atoms with Crippen molar-refractivity contribution in [2.24, 2.45) is 5.10 Å². The third-order valence-corrected chi connectivity index (χ3v) is 3.98. The first-order valence-electron chi connectivity index (χ1n) is 8.27. The van der Waals surface area contributed by atoms with Gasteiger partial charge in [-0.3, -0.25) is 15.0 Å². The molecule has 10 heteroatoms. The lowest BCUT2D eigenvalue weighted by molar-refractivity contribution is -0.402. The van der Waals surface area contributed by atoms with Crippen molar-refractivity contribution in [3.63, 3.8) is 0 Å². The summed E-state index contributed by atoms with van der Waals surface area (Å²) in [6.45, 7) is 5.80. The van der Waals surface area contributed by atoms with Gasteiger partial charge in [-0.2, -0.15) is 10.1 Å². The minimum atomic E-state index is -0.604. The molecule has 1 atom stereocenters. The van der Waals surface area contributed by atoms with Crippen LogP contribution in [0, 0.1) is 10.1 Å². The van der Waals surface area contributed by atoms with Gasteiger partial charge in [0.25, 0.3) is 0 Å². The fraction of sp³-hybridized carbons (Fsp3) is 0.500. The minimum absolute atomic E-state index is 0.228. The van der Waals surface area contributed by atoms with Crippen LogP contribution >= 0.6 is 0 Å². The molecule has 0 spiro atoms. The molecule has 0 aliphatic carbocycles. The first kappa shape index (κ1) is 18.1. The summed E-state index contributed by atoms with van der Waals surface area (Å²) in [5, 5.41) is 16.1. The quantitative estimate of drug-likeness (QED) is 0.429. The van der Waals surface area contributed by atoms with Crippen LogP contribution in [0.2, 0.25) is 0 Å². The molecule has 26 heavy (non-hydrogen) atoms. The van der Waals surface area contributed by atoms with Crippen molar-refractivity contribution in [3.05, 3.63) is 34.1 Å². The summed E-state index contributed by atoms with van der Waals surface area (Å²) in [6.07, 6.45) is 2.46. The van der Waals surface area contributed by atoms with E-state index in [2.05, 4.69) is 10.0 Å². The van der Waals surface area contributed by atoms with E-state index in [-0.39, 0.29) is 12.0 Å². The van der Waals surface area contributed by atoms with Crippen LogP contribution in [0.4, 0.5) is 10.7 Å². The Morgan fingerprint density at radius 2 is 2.19 bits per heavy atom. The zero-order valence-electron chi connectivity index (χ0n) is 14.4. The molecule has 0 saturated carbocycles. The zero-order valence-corrected chi connectivity index (χ0v) is 14.4. The number of cyclic esters (lactones) is 1. The largest absolute Gasteiger partial charge is 0.441 e. The molecule has 2 saturated heterocycles. The maximum absolute atomic E-state index is 12.0. The van der Waals surface area contributed by atoms with Gasteiger partial charge in [0.1, 0.15) is 16.8 Å². The SMILES string of the molecule is CC(/C=C/c1ccc([N+](=O)[O-])o1)=N\N1CC(CN2CCOCC2)OC1=O. The number of amides is 1. The molecule has 140 valence electrons. The number of hydrazone groups is 1. The molecule has 0 radical (unpaired) electrons. The van der Waals surface area contributed by atoms with Crippen LogP contribution < -0.4 is 0 Å². The molecule has 2 aliphatic heterocycles. The minimum Gasteiger partial charge on any atom is -0.441 e. The summed E-state index contributed by atoms with van der Waals surface area (Å²) >= 11 is 0. The molecule has 10 nitrogen and oxygen atoms in total. The maximum atomic E-state index is 12.0. The van der Waals surface area contributed by atoms with Crippen molar-refractivity contribution in [2.75, 3.05) is 39.4 Å². The van der Waals surface area contributed by atoms with E-state index in [1.54, 1.807) is 19.1 Å². The maximum Gasteiger partial charge on any atom is 0.433 e. The smallest absolute Gasteiger partial charge is 0.433 e. The third-order valence-electron chi connectivity index (χ3n) is 3.98. The Balaban J connectivity index is 1.55. The highest BCUT2D eigenvalue weighted by atomic mass is 16.6. The Morgan fingerprint density at radius 3 is 2.88 bits per heavy atom. The number of carbonyl (C=O) groups is 1. The number of hydrogen-bond acceptors (Lipinski definition) is 8. The van der Waals surface area contributed by atoms with Crippen LogP contribution in [-0.2, 0) is 9.47 Å². The van der Waals surface area contributed by atoms with Crippen molar-refractivity contribution in [1.82, 2.24) is 9.91 Å². The molecule has 1 amide bonds. The number of ether oxygens (including phenoxy) is 2. The van der Waals surface area contributed by atoms with E-state index in [4.69, 9.17) is 13.9 Å². The van der Waals surface area contributed by atoms with Crippen molar-refractivity contribution in [2.45, 2.75) is 13.0 Å². The molecule has 3 heterocycles. The number of morpholine rings is 1. The first-order valence-corrected chi connectivity index (χ1v) is 8.27. The molecule has 1 aromatic heterocycles. The average Bonchev–Trinajstić information content (AvgIpc) is 3.21. The lowest BCUT2D eigenvalue weighted by atomic mass is 10.3. The van der Waals surface area contributed by atoms with Gasteiger partial charge in [0.05, 0.1) is 31.5 Å². The molecule has 2 aliphatic rings. The number of rotatable bonds is 6. The predicted molar refractivity (Wildman–Crippen MR) is 91.7 cm³/mol. The topological polar surface area (TPSA) is 111 Å². The summed E-state index contributed by atoms with van der Waals surface area (Å²) in [7, 11) is 0. The van der Waals surface area contributed by atoms with Crippen LogP contribution in [0.3, 0.4) is 0 Å². The van der Waals surface area contributed by atoms with Gasteiger partial charge in [-0.15, -0.1) is 0 Å². The molecule has 0 N–H and O–H groups in total. The van der Waals surface area contributed by atoms with Gasteiger partial charge in [0.2, 0.25) is 0 Å². The average molecular weight is 364 g/mol. The van der Waals surface area contributed by atoms with E-state index in [9.17, 15) is 14.9 Å². The Kier molecular flexibility index (Phi) is 5.64. The molecule has 0 bridgehead atoms. The number of hydrogen-bond donors (Lipinski definition) is 0. The fourth-order valence-corrected chi connectivity index (χ4v) is 2.71. The number of allylic oxidation sites excluding steroid dienone is 1. The first-order chi connectivity index (χ1) is 12.5. The van der Waals surface area contributed by atoms with Crippen LogP contribution in [0.1, 0.15) is 12.7 Å². The molecule has 0 aromatic carbocycles. The second-order valence-corrected chi connectivity index (χ2v) is 6.01. The second kappa shape index (κ2) is 8.11. The number of furan rings is 1. The second-order valence-electron chi connectivity index (χ2n) is 6.01. The Labute approximate surface area is 149 Å². The van der Waals surface area contributed by atoms with E-state index < -0.39 is 11.0 Å². The summed E-state index contributed by atoms with van der Waals surface area (Å²) in [6, 6.07) is 2.77. The summed E-state index contributed by atoms with van der Waals surface area (Å²) < 4.78 is 15.7. The zero-order chi connectivity index (χ0) is 18.5. The molecular weight excluding hydrogens is 344 g/mol. The van der Waals surface area contributed by atoms with Crippen molar-refractivity contribution in [1.29, 1.82) is 0 Å². The summed E-state index contributed by atoms with van der Waals surface area (Å²) in [5.74, 6) is 0.00811. The number of carbonyl (C=O) groups excluding carboxylic acids is 1. The summed E-state index contributed by atoms with van der Waals surface area (Å²) in [5.41, 5.74) is 0.549. The third kappa shape index (κ3) is 4.67. The van der Waals surface area contributed by atoms with Gasteiger partial charge in [0, 0.05) is 19.6 Å². The van der Waals surface area contributed by atoms with E-state index in [0.29, 0.717) is 37.8 Å².